The summed E-state index contributed by atoms with van der Waals surface area (Å²) in [5.41, 5.74) is 1.97. The maximum absolute atomic E-state index is 13.1. The zero-order valence-electron chi connectivity index (χ0n) is 6.80. The van der Waals surface area contributed by atoms with E-state index in [-0.39, 0.29) is 5.56 Å². The quantitative estimate of drug-likeness (QED) is 0.811. The van der Waals surface area contributed by atoms with Crippen molar-refractivity contribution in [2.45, 2.75) is 0 Å². The van der Waals surface area contributed by atoms with Crippen LogP contribution in [-0.4, -0.2) is 13.0 Å². The van der Waals surface area contributed by atoms with E-state index < -0.39 is 11.7 Å². The van der Waals surface area contributed by atoms with Crippen molar-refractivity contribution in [1.82, 2.24) is 5.48 Å². The second-order valence-electron chi connectivity index (χ2n) is 2.23. The molecule has 0 unspecified atom stereocenters. The molecular weight excluding hydrogens is 241 g/mol. The molecule has 0 aliphatic carbocycles. The van der Waals surface area contributed by atoms with Gasteiger partial charge in [-0.2, -0.15) is 0 Å². The Kier molecular flexibility index (Phi) is 3.39. The van der Waals surface area contributed by atoms with Crippen LogP contribution in [0.25, 0.3) is 0 Å². The normalized spacial score (nSPS) is 9.77. The zero-order valence-corrected chi connectivity index (χ0v) is 8.39. The molecule has 1 aromatic rings. The van der Waals surface area contributed by atoms with Gasteiger partial charge in [0.1, 0.15) is 5.82 Å². The molecule has 0 spiro atoms. The van der Waals surface area contributed by atoms with Gasteiger partial charge in [-0.25, -0.2) is 9.87 Å². The van der Waals surface area contributed by atoms with E-state index in [1.54, 1.807) is 6.07 Å². The average molecular weight is 248 g/mol. The number of nitrogens with one attached hydrogen (secondary N) is 1. The monoisotopic (exact) mass is 247 g/mol. The number of carbonyl (C=O) groups excluding carboxylic acids is 1. The number of carbonyl (C=O) groups is 1. The van der Waals surface area contributed by atoms with Crippen LogP contribution in [0.2, 0.25) is 0 Å². The van der Waals surface area contributed by atoms with E-state index in [0.717, 1.165) is 0 Å². The van der Waals surface area contributed by atoms with Gasteiger partial charge in [-0.05, 0) is 28.1 Å². The van der Waals surface area contributed by atoms with Crippen LogP contribution in [0.3, 0.4) is 0 Å². The first-order chi connectivity index (χ1) is 6.16. The van der Waals surface area contributed by atoms with Gasteiger partial charge in [-0.1, -0.05) is 6.07 Å². The summed E-state index contributed by atoms with van der Waals surface area (Å²) in [6.07, 6.45) is 0. The molecule has 0 aliphatic rings. The lowest BCUT2D eigenvalue weighted by Crippen LogP contribution is -2.23. The van der Waals surface area contributed by atoms with Gasteiger partial charge in [0.2, 0.25) is 0 Å². The molecule has 0 heterocycles. The summed E-state index contributed by atoms with van der Waals surface area (Å²) >= 11 is 3.06. The molecule has 1 N–H and O–H groups in total. The second-order valence-corrected chi connectivity index (χ2v) is 3.09. The fourth-order valence-electron chi connectivity index (χ4n) is 0.858. The van der Waals surface area contributed by atoms with Gasteiger partial charge in [0.25, 0.3) is 5.91 Å². The van der Waals surface area contributed by atoms with E-state index in [1.807, 2.05) is 5.48 Å². The molecule has 0 saturated heterocycles. The highest BCUT2D eigenvalue weighted by Gasteiger charge is 2.14. The largest absolute Gasteiger partial charge is 0.278 e. The number of hydrogen-bond donors (Lipinski definition) is 1. The summed E-state index contributed by atoms with van der Waals surface area (Å²) < 4.78 is 13.5. The molecule has 70 valence electrons. The van der Waals surface area contributed by atoms with Crippen molar-refractivity contribution in [2.24, 2.45) is 0 Å². The van der Waals surface area contributed by atoms with Crippen molar-refractivity contribution in [3.05, 3.63) is 34.1 Å². The molecule has 0 saturated carbocycles. The van der Waals surface area contributed by atoms with Crippen LogP contribution in [0.1, 0.15) is 10.4 Å². The van der Waals surface area contributed by atoms with Crippen LogP contribution in [0.4, 0.5) is 4.39 Å². The van der Waals surface area contributed by atoms with Gasteiger partial charge in [0.05, 0.1) is 12.7 Å². The minimum atomic E-state index is -0.618. The molecule has 0 radical (unpaired) electrons. The minimum Gasteiger partial charge on any atom is -0.277 e. The van der Waals surface area contributed by atoms with Crippen LogP contribution >= 0.6 is 15.9 Å². The molecule has 5 heteroatoms. The number of rotatable bonds is 2. The maximum Gasteiger partial charge on any atom is 0.278 e. The van der Waals surface area contributed by atoms with Crippen LogP contribution in [0.5, 0.6) is 0 Å². The average Bonchev–Trinajstić information content (AvgIpc) is 2.04. The number of halogens is 2. The van der Waals surface area contributed by atoms with Gasteiger partial charge in [-0.15, -0.1) is 0 Å². The third kappa shape index (κ3) is 2.26. The first kappa shape index (κ1) is 10.1. The lowest BCUT2D eigenvalue weighted by Gasteiger charge is -2.04. The van der Waals surface area contributed by atoms with Crippen LogP contribution < -0.4 is 5.48 Å². The van der Waals surface area contributed by atoms with Crippen molar-refractivity contribution in [3.63, 3.8) is 0 Å². The molecule has 3 nitrogen and oxygen atoms in total. The highest BCUT2D eigenvalue weighted by Crippen LogP contribution is 2.19. The summed E-state index contributed by atoms with van der Waals surface area (Å²) in [5.74, 6) is -1.21. The first-order valence-corrected chi connectivity index (χ1v) is 4.23. The highest BCUT2D eigenvalue weighted by molar-refractivity contribution is 9.10. The van der Waals surface area contributed by atoms with Crippen molar-refractivity contribution < 1.29 is 14.0 Å². The lowest BCUT2D eigenvalue weighted by atomic mass is 10.2. The fraction of sp³-hybridized carbons (Fsp3) is 0.125. The Balaban J connectivity index is 3.05. The van der Waals surface area contributed by atoms with Crippen molar-refractivity contribution in [2.75, 3.05) is 7.11 Å². The first-order valence-electron chi connectivity index (χ1n) is 3.44. The van der Waals surface area contributed by atoms with Gasteiger partial charge in [0, 0.05) is 4.47 Å². The van der Waals surface area contributed by atoms with Crippen molar-refractivity contribution >= 4 is 21.8 Å². The number of benzene rings is 1. The lowest BCUT2D eigenvalue weighted by molar-refractivity contribution is 0.0532. The van der Waals surface area contributed by atoms with Crippen LogP contribution in [0, 0.1) is 5.82 Å². The van der Waals surface area contributed by atoms with Crippen LogP contribution in [0.15, 0.2) is 22.7 Å². The van der Waals surface area contributed by atoms with Crippen molar-refractivity contribution in [1.29, 1.82) is 0 Å². The van der Waals surface area contributed by atoms with E-state index >= 15 is 0 Å². The Morgan fingerprint density at radius 1 is 1.62 bits per heavy atom. The van der Waals surface area contributed by atoms with Crippen molar-refractivity contribution in [3.8, 4) is 0 Å². The van der Waals surface area contributed by atoms with E-state index in [2.05, 4.69) is 20.8 Å². The predicted octanol–water partition coefficient (Wildman–Crippen LogP) is 1.88. The number of hydrogen-bond acceptors (Lipinski definition) is 2. The van der Waals surface area contributed by atoms with E-state index in [9.17, 15) is 9.18 Å². The van der Waals surface area contributed by atoms with Gasteiger partial charge in [-0.3, -0.25) is 9.63 Å². The Morgan fingerprint density at radius 3 is 2.85 bits per heavy atom. The fourth-order valence-corrected chi connectivity index (χ4v) is 1.38. The smallest absolute Gasteiger partial charge is 0.277 e. The van der Waals surface area contributed by atoms with Crippen LogP contribution in [-0.2, 0) is 4.84 Å². The topological polar surface area (TPSA) is 38.3 Å². The Morgan fingerprint density at radius 2 is 2.31 bits per heavy atom. The van der Waals surface area contributed by atoms with Gasteiger partial charge >= 0.3 is 0 Å². The van der Waals surface area contributed by atoms with Gasteiger partial charge < -0.3 is 0 Å². The molecule has 0 aromatic heterocycles. The number of hydroxylamine groups is 1. The maximum atomic E-state index is 13.1. The molecule has 1 amide bonds. The molecular formula is C8H7BrFNO2. The zero-order chi connectivity index (χ0) is 9.84. The molecule has 1 aromatic carbocycles. The molecule has 0 aliphatic heterocycles. The molecule has 0 bridgehead atoms. The summed E-state index contributed by atoms with van der Waals surface area (Å²) in [7, 11) is 1.28. The summed E-state index contributed by atoms with van der Waals surface area (Å²) in [6.45, 7) is 0. The molecule has 0 fully saturated rings. The summed E-state index contributed by atoms with van der Waals surface area (Å²) in [5, 5.41) is 0. The number of amides is 1. The second kappa shape index (κ2) is 4.34. The van der Waals surface area contributed by atoms with Gasteiger partial charge in [0.15, 0.2) is 0 Å². The highest BCUT2D eigenvalue weighted by atomic mass is 79.9. The summed E-state index contributed by atoms with van der Waals surface area (Å²) in [4.78, 5) is 15.6. The SMILES string of the molecule is CONC(=O)c1c(F)cccc1Br. The summed E-state index contributed by atoms with van der Waals surface area (Å²) in [6, 6.07) is 4.28. The van der Waals surface area contributed by atoms with E-state index in [1.165, 1.54) is 19.2 Å². The third-order valence-electron chi connectivity index (χ3n) is 1.38. The predicted molar refractivity (Wildman–Crippen MR) is 48.6 cm³/mol. The third-order valence-corrected chi connectivity index (χ3v) is 2.05. The van der Waals surface area contributed by atoms with E-state index in [0.29, 0.717) is 4.47 Å². The Hall–Kier alpha value is -0.940. The molecule has 13 heavy (non-hydrogen) atoms. The Labute approximate surface area is 83.0 Å². The minimum absolute atomic E-state index is 0.0654. The standard InChI is InChI=1S/C8H7BrFNO2/c1-13-11-8(12)7-5(9)3-2-4-6(7)10/h2-4H,1H3,(H,11,12). The Bertz CT molecular complexity index is 310. The molecule has 0 atom stereocenters. The molecule has 1 rings (SSSR count). The van der Waals surface area contributed by atoms with E-state index in [4.69, 9.17) is 0 Å².